The Hall–Kier alpha value is -6.39. The lowest BCUT2D eigenvalue weighted by atomic mass is 10.0. The molecule has 0 aliphatic carbocycles. The van der Waals surface area contributed by atoms with Gasteiger partial charge in [0, 0.05) is 46.6 Å². The highest BCUT2D eigenvalue weighted by molar-refractivity contribution is 7.26. The van der Waals surface area contributed by atoms with Crippen LogP contribution in [0.3, 0.4) is 0 Å². The van der Waals surface area contributed by atoms with Crippen LogP contribution in [0.15, 0.2) is 146 Å². The summed E-state index contributed by atoms with van der Waals surface area (Å²) >= 11 is 3.56. The molecule has 51 heavy (non-hydrogen) atoms. The third-order valence-electron chi connectivity index (χ3n) is 10.0. The lowest BCUT2D eigenvalue weighted by Crippen LogP contribution is -2.01. The summed E-state index contributed by atoms with van der Waals surface area (Å²) in [6, 6.07) is 51.5. The molecule has 11 rings (SSSR count). The molecule has 11 aromatic rings. The molecule has 4 nitrogen and oxygen atoms in total. The van der Waals surface area contributed by atoms with Gasteiger partial charge in [-0.1, -0.05) is 91.0 Å². The van der Waals surface area contributed by atoms with Crippen molar-refractivity contribution in [1.29, 1.82) is 0 Å². The van der Waals surface area contributed by atoms with Gasteiger partial charge in [-0.25, -0.2) is 14.8 Å². The van der Waals surface area contributed by atoms with Gasteiger partial charge < -0.3 is 0 Å². The van der Waals surface area contributed by atoms with E-state index in [1.54, 1.807) is 11.3 Å². The van der Waals surface area contributed by atoms with Gasteiger partial charge in [0.25, 0.3) is 0 Å². The highest BCUT2D eigenvalue weighted by Gasteiger charge is 2.22. The molecule has 6 heteroatoms. The maximum absolute atomic E-state index is 7.39. The van der Waals surface area contributed by atoms with Crippen LogP contribution < -0.4 is 0 Å². The Balaban J connectivity index is 1.24. The minimum atomic E-state index is 0.636. The number of hydrogen-bond acceptors (Lipinski definition) is 4. The van der Waals surface area contributed by atoms with Gasteiger partial charge in [0.2, 0.25) is 0 Å². The summed E-state index contributed by atoms with van der Waals surface area (Å²) in [5, 5.41) is 8.39. The zero-order chi connectivity index (χ0) is 33.6. The van der Waals surface area contributed by atoms with Crippen LogP contribution in [-0.2, 0) is 0 Å². The molecule has 0 saturated heterocycles. The summed E-state index contributed by atoms with van der Waals surface area (Å²) < 4.78 is 7.09. The third kappa shape index (κ3) is 4.29. The smallest absolute Gasteiger partial charge is 0.187 e. The molecular weight excluding hydrogens is 661 g/mol. The molecule has 4 aromatic heterocycles. The monoisotopic (exact) mass is 684 g/mol. The van der Waals surface area contributed by atoms with Crippen molar-refractivity contribution in [2.24, 2.45) is 0 Å². The topological polar surface area (TPSA) is 35.1 Å². The molecule has 0 atom stereocenters. The molecule has 0 N–H and O–H groups in total. The second-order valence-corrected chi connectivity index (χ2v) is 15.0. The Morgan fingerprint density at radius 3 is 2.00 bits per heavy atom. The Morgan fingerprint density at radius 1 is 0.490 bits per heavy atom. The van der Waals surface area contributed by atoms with Crippen LogP contribution in [-0.4, -0.2) is 14.5 Å². The fourth-order valence-corrected chi connectivity index (χ4v) is 9.75. The maximum atomic E-state index is 7.39. The number of aromatic nitrogens is 3. The van der Waals surface area contributed by atoms with Crippen molar-refractivity contribution in [2.45, 2.75) is 0 Å². The Morgan fingerprint density at radius 2 is 1.16 bits per heavy atom. The fraction of sp³-hybridized carbons (Fsp3) is 0. The van der Waals surface area contributed by atoms with E-state index in [4.69, 9.17) is 16.5 Å². The predicted molar refractivity (Wildman–Crippen MR) is 217 cm³/mol. The second kappa shape index (κ2) is 10.8. The van der Waals surface area contributed by atoms with Crippen molar-refractivity contribution < 1.29 is 0 Å². The zero-order valence-electron chi connectivity index (χ0n) is 27.0. The van der Waals surface area contributed by atoms with Gasteiger partial charge >= 0.3 is 0 Å². The number of nitrogens with zero attached hydrogens (tertiary/aromatic N) is 4. The van der Waals surface area contributed by atoms with E-state index in [2.05, 4.69) is 131 Å². The summed E-state index contributed by atoms with van der Waals surface area (Å²) in [5.74, 6) is 1.59. The number of benzene rings is 7. The van der Waals surface area contributed by atoms with Gasteiger partial charge in [-0.3, -0.25) is 4.57 Å². The van der Waals surface area contributed by atoms with Gasteiger partial charge in [0.05, 0.1) is 27.8 Å². The molecule has 0 aliphatic rings. The quantitative estimate of drug-likeness (QED) is 0.174. The van der Waals surface area contributed by atoms with E-state index in [0.717, 1.165) is 53.8 Å². The van der Waals surface area contributed by atoms with E-state index in [1.165, 1.54) is 41.7 Å². The summed E-state index contributed by atoms with van der Waals surface area (Å²) in [4.78, 5) is 14.5. The maximum Gasteiger partial charge on any atom is 0.187 e. The average molecular weight is 685 g/mol. The molecule has 0 bridgehead atoms. The van der Waals surface area contributed by atoms with E-state index in [0.29, 0.717) is 11.5 Å². The van der Waals surface area contributed by atoms with Crippen LogP contribution >= 0.6 is 22.7 Å². The highest BCUT2D eigenvalue weighted by Crippen LogP contribution is 2.43. The van der Waals surface area contributed by atoms with Crippen molar-refractivity contribution >= 4 is 101 Å². The SMILES string of the molecule is [C-]#[N+]c1ccc(-c2ccc3sc4c(-n5c6ccccc6c6cc7ccccc7cc65)nc(-c5ccc6sc7ccccc7c6c5)nc4c3c2)cc1. The van der Waals surface area contributed by atoms with E-state index >= 15 is 0 Å². The van der Waals surface area contributed by atoms with Crippen molar-refractivity contribution in [3.63, 3.8) is 0 Å². The molecule has 0 amide bonds. The summed E-state index contributed by atoms with van der Waals surface area (Å²) in [5.41, 5.74) is 6.97. The van der Waals surface area contributed by atoms with Gasteiger partial charge in [-0.05, 0) is 76.5 Å². The van der Waals surface area contributed by atoms with Crippen molar-refractivity contribution in [3.8, 4) is 28.3 Å². The minimum absolute atomic E-state index is 0.636. The molecule has 0 aliphatic heterocycles. The molecule has 0 unspecified atom stereocenters. The number of thiophene rings is 2. The van der Waals surface area contributed by atoms with Crippen LogP contribution in [0.25, 0.3) is 106 Å². The standard InChI is InChI=1S/C45H24N4S2/c1-46-31-18-14-26(15-19-31)29-16-20-41-36(23-29)42-43(51-41)45(48-44(47-42)30-17-21-40-35(24-30)33-11-5-7-13-39(33)50-40)49-37-12-6-4-10-32(37)34-22-27-8-2-3-9-28(27)25-38(34)49/h2-25H. The van der Waals surface area contributed by atoms with Gasteiger partial charge in [-0.15, -0.1) is 22.7 Å². The number of para-hydroxylation sites is 1. The summed E-state index contributed by atoms with van der Waals surface area (Å²) in [6.07, 6.45) is 0. The zero-order valence-corrected chi connectivity index (χ0v) is 28.6. The first-order valence-electron chi connectivity index (χ1n) is 16.8. The van der Waals surface area contributed by atoms with E-state index in [-0.39, 0.29) is 0 Å². The minimum Gasteiger partial charge on any atom is -0.292 e. The van der Waals surface area contributed by atoms with Gasteiger partial charge in [0.1, 0.15) is 0 Å². The first kappa shape index (κ1) is 28.4. The Kier molecular flexibility index (Phi) is 6.03. The Labute approximate surface area is 299 Å². The highest BCUT2D eigenvalue weighted by atomic mass is 32.1. The number of fused-ring (bicyclic) bond motifs is 10. The van der Waals surface area contributed by atoms with E-state index < -0.39 is 0 Å². The molecule has 7 aromatic carbocycles. The second-order valence-electron chi connectivity index (χ2n) is 12.9. The number of hydrogen-bond donors (Lipinski definition) is 0. The fourth-order valence-electron chi connectivity index (χ4n) is 7.57. The molecule has 4 heterocycles. The van der Waals surface area contributed by atoms with E-state index in [9.17, 15) is 0 Å². The van der Waals surface area contributed by atoms with Crippen LogP contribution in [0.4, 0.5) is 5.69 Å². The molecule has 0 saturated carbocycles. The van der Waals surface area contributed by atoms with Crippen molar-refractivity contribution in [2.75, 3.05) is 0 Å². The molecule has 0 radical (unpaired) electrons. The van der Waals surface area contributed by atoms with Crippen LogP contribution in [0.2, 0.25) is 0 Å². The molecule has 0 fully saturated rings. The third-order valence-corrected chi connectivity index (χ3v) is 12.3. The molecule has 236 valence electrons. The van der Waals surface area contributed by atoms with Crippen LogP contribution in [0.5, 0.6) is 0 Å². The normalized spacial score (nSPS) is 11.9. The first-order valence-corrected chi connectivity index (χ1v) is 18.4. The van der Waals surface area contributed by atoms with Crippen molar-refractivity contribution in [1.82, 2.24) is 14.5 Å². The lowest BCUT2D eigenvalue weighted by Gasteiger charge is -2.11. The van der Waals surface area contributed by atoms with Crippen LogP contribution in [0, 0.1) is 6.57 Å². The lowest BCUT2D eigenvalue weighted by molar-refractivity contribution is 1.08. The molecular formula is C45H24N4S2. The van der Waals surface area contributed by atoms with Crippen molar-refractivity contribution in [3.05, 3.63) is 157 Å². The first-order chi connectivity index (χ1) is 25.2. The molecule has 0 spiro atoms. The summed E-state index contributed by atoms with van der Waals surface area (Å²) in [7, 11) is 0. The van der Waals surface area contributed by atoms with Gasteiger partial charge in [0.15, 0.2) is 17.3 Å². The van der Waals surface area contributed by atoms with Crippen LogP contribution in [0.1, 0.15) is 0 Å². The van der Waals surface area contributed by atoms with E-state index in [1.807, 2.05) is 35.6 Å². The summed E-state index contributed by atoms with van der Waals surface area (Å²) in [6.45, 7) is 7.39. The average Bonchev–Trinajstić information content (AvgIpc) is 3.85. The van der Waals surface area contributed by atoms with Gasteiger partial charge in [-0.2, -0.15) is 0 Å². The predicted octanol–water partition coefficient (Wildman–Crippen LogP) is 13.3. The Bertz CT molecular complexity index is 3270. The number of rotatable bonds is 3. The largest absolute Gasteiger partial charge is 0.292 e.